The van der Waals surface area contributed by atoms with Gasteiger partial charge in [-0.1, -0.05) is 107 Å². The van der Waals surface area contributed by atoms with E-state index in [1.807, 2.05) is 16.8 Å². The van der Waals surface area contributed by atoms with Crippen molar-refractivity contribution in [2.45, 2.75) is 235 Å². The van der Waals surface area contributed by atoms with Crippen molar-refractivity contribution in [3.8, 4) is 0 Å². The van der Waals surface area contributed by atoms with Crippen LogP contribution in [0.25, 0.3) is 0 Å². The molecule has 4 aliphatic carbocycles. The van der Waals surface area contributed by atoms with Gasteiger partial charge in [-0.2, -0.15) is 0 Å². The zero-order valence-corrected chi connectivity index (χ0v) is 62.9. The molecule has 0 saturated heterocycles. The molecule has 4 unspecified atom stereocenters. The number of esters is 8. The van der Waals surface area contributed by atoms with Gasteiger partial charge in [0.15, 0.2) is 0 Å². The molecule has 0 aliphatic heterocycles. The third-order valence-electron chi connectivity index (χ3n) is 19.3. The summed E-state index contributed by atoms with van der Waals surface area (Å²) in [5, 5.41) is 0. The lowest BCUT2D eigenvalue weighted by molar-refractivity contribution is -0.155. The molecule has 100 heavy (non-hydrogen) atoms. The standard InChI is InChI=1S/C81H127N3O16/c1-10-64(7)20-14-24-68-30-38-72(39-31-68)80(91)99-60-56-95-76(87)44-52-84(53-45-77(88)96-57-61-100-81(92)73-40-32-69(33-41-73)25-15-21-65(8)11-2)49-17-47-82(9)46-16-48-83(50-42-74(85)93-54-58-97-78(89)70-34-26-66(27-35-70)22-12-18-62(3)4)51-43-75(86)94-55-59-98-79(90)71-36-28-67(29-37-71)23-13-19-63(5)6/h18-21,26,28,30,32,70-73H,10-17,22-25,27,29,31,33-61H2,1-9H3/b64-20+,65-21+. The Labute approximate surface area is 600 Å². The Morgan fingerprint density at radius 2 is 0.610 bits per heavy atom. The number of rotatable bonds is 50. The lowest BCUT2D eigenvalue weighted by Gasteiger charge is -2.25. The maximum atomic E-state index is 13.1. The second-order valence-electron chi connectivity index (χ2n) is 28.1. The lowest BCUT2D eigenvalue weighted by atomic mass is 9.88. The summed E-state index contributed by atoms with van der Waals surface area (Å²) in [5.74, 6) is -3.74. The maximum absolute atomic E-state index is 13.1. The fraction of sp³-hybridized carbons (Fsp3) is 0.704. The van der Waals surface area contributed by atoms with Gasteiger partial charge in [0.1, 0.15) is 52.9 Å². The second kappa shape index (κ2) is 51.7. The molecule has 0 bridgehead atoms. The Hall–Kier alpha value is -6.44. The topological polar surface area (TPSA) is 220 Å². The summed E-state index contributed by atoms with van der Waals surface area (Å²) in [6.07, 6.45) is 38.4. The molecule has 0 radical (unpaired) electrons. The predicted molar refractivity (Wildman–Crippen MR) is 391 cm³/mol. The molecule has 0 spiro atoms. The van der Waals surface area contributed by atoms with Gasteiger partial charge in [-0.3, -0.25) is 38.4 Å². The Kier molecular flexibility index (Phi) is 44.4. The molecule has 0 heterocycles. The van der Waals surface area contributed by atoms with E-state index in [1.165, 1.54) is 44.6 Å². The van der Waals surface area contributed by atoms with Gasteiger partial charge >= 0.3 is 47.8 Å². The Bertz CT molecular complexity index is 2610. The third kappa shape index (κ3) is 39.7. The first-order valence-electron chi connectivity index (χ1n) is 37.9. The van der Waals surface area contributed by atoms with Crippen molar-refractivity contribution in [2.75, 3.05) is 112 Å². The quantitative estimate of drug-likeness (QED) is 0.0239. The number of allylic oxidation sites excluding steroid dienone is 16. The van der Waals surface area contributed by atoms with Crippen LogP contribution in [-0.4, -0.2) is 175 Å². The summed E-state index contributed by atoms with van der Waals surface area (Å²) in [4.78, 5) is 110. The molecule has 19 heteroatoms. The van der Waals surface area contributed by atoms with Gasteiger partial charge in [0.05, 0.1) is 49.4 Å². The molecule has 0 aromatic heterocycles. The lowest BCUT2D eigenvalue weighted by Crippen LogP contribution is -2.34. The number of ether oxygens (including phenoxy) is 8. The van der Waals surface area contributed by atoms with Crippen LogP contribution in [0.1, 0.15) is 235 Å². The minimum absolute atomic E-state index is 0.0304. The van der Waals surface area contributed by atoms with Crippen LogP contribution in [0.4, 0.5) is 0 Å². The van der Waals surface area contributed by atoms with Gasteiger partial charge in [-0.15, -0.1) is 0 Å². The van der Waals surface area contributed by atoms with E-state index in [-0.39, 0.29) is 126 Å². The summed E-state index contributed by atoms with van der Waals surface area (Å²) in [6.45, 7) is 20.3. The van der Waals surface area contributed by atoms with E-state index < -0.39 is 23.9 Å². The van der Waals surface area contributed by atoms with E-state index in [0.29, 0.717) is 90.9 Å². The monoisotopic (exact) mass is 1400 g/mol. The van der Waals surface area contributed by atoms with Crippen molar-refractivity contribution in [3.63, 3.8) is 0 Å². The zero-order valence-electron chi connectivity index (χ0n) is 62.9. The average molecular weight is 1400 g/mol. The summed E-state index contributed by atoms with van der Waals surface area (Å²) >= 11 is 0. The predicted octanol–water partition coefficient (Wildman–Crippen LogP) is 14.9. The average Bonchev–Trinajstić information content (AvgIpc) is 0.920. The molecule has 562 valence electrons. The van der Waals surface area contributed by atoms with Crippen molar-refractivity contribution in [3.05, 3.63) is 93.2 Å². The van der Waals surface area contributed by atoms with Crippen molar-refractivity contribution in [2.24, 2.45) is 23.7 Å². The molecule has 0 saturated carbocycles. The van der Waals surface area contributed by atoms with Crippen LogP contribution in [0.15, 0.2) is 93.2 Å². The van der Waals surface area contributed by atoms with Crippen LogP contribution in [0.2, 0.25) is 0 Å². The molecule has 0 fully saturated rings. The SMILES string of the molecule is CC/C(C)=C/CCC1=CCC(C(=O)OCCOC(=O)CCN(CCCN(C)CCCN(CCC(=O)OCCOC(=O)C2CC=C(CCC=C(C)C)CC2)CCC(=O)OCCOC(=O)C2CC=C(CCC=C(C)C)CC2)CCC(=O)OCCOC(=O)C2CC=C(CC/C=C(\C)CC)CC2)CC1. The molecule has 4 rings (SSSR count). The Balaban J connectivity index is 1.25. The highest BCUT2D eigenvalue weighted by atomic mass is 16.6. The van der Waals surface area contributed by atoms with Crippen molar-refractivity contribution >= 4 is 47.8 Å². The first-order valence-corrected chi connectivity index (χ1v) is 37.9. The largest absolute Gasteiger partial charge is 0.462 e. The van der Waals surface area contributed by atoms with Crippen molar-refractivity contribution in [1.82, 2.24) is 14.7 Å². The van der Waals surface area contributed by atoms with Crippen LogP contribution in [0.3, 0.4) is 0 Å². The normalized spacial score (nSPS) is 18.0. The molecule has 0 aromatic rings. The Morgan fingerprint density at radius 1 is 0.360 bits per heavy atom. The minimum Gasteiger partial charge on any atom is -0.462 e. The van der Waals surface area contributed by atoms with Gasteiger partial charge < -0.3 is 52.6 Å². The smallest absolute Gasteiger partial charge is 0.309 e. The van der Waals surface area contributed by atoms with Gasteiger partial charge in [0.2, 0.25) is 0 Å². The minimum atomic E-state index is -0.449. The van der Waals surface area contributed by atoms with Crippen LogP contribution in [-0.2, 0) is 76.3 Å². The van der Waals surface area contributed by atoms with Crippen molar-refractivity contribution < 1.29 is 76.3 Å². The summed E-state index contributed by atoms with van der Waals surface area (Å²) in [5.41, 5.74) is 10.9. The van der Waals surface area contributed by atoms with Gasteiger partial charge in [0, 0.05) is 26.2 Å². The highest BCUT2D eigenvalue weighted by Gasteiger charge is 2.27. The van der Waals surface area contributed by atoms with E-state index in [0.717, 1.165) is 116 Å². The number of carbonyl (C=O) groups is 8. The van der Waals surface area contributed by atoms with Crippen molar-refractivity contribution in [1.29, 1.82) is 0 Å². The molecule has 0 N–H and O–H groups in total. The zero-order chi connectivity index (χ0) is 72.7. The van der Waals surface area contributed by atoms with E-state index in [1.54, 1.807) is 0 Å². The summed E-state index contributed by atoms with van der Waals surface area (Å²) in [6, 6.07) is 0. The molecule has 0 amide bonds. The van der Waals surface area contributed by atoms with Gasteiger partial charge in [-0.25, -0.2) is 0 Å². The number of nitrogens with zero attached hydrogens (tertiary/aromatic N) is 3. The van der Waals surface area contributed by atoms with E-state index in [2.05, 4.69) is 109 Å². The first-order chi connectivity index (χ1) is 48.2. The molecule has 4 aliphatic rings. The van der Waals surface area contributed by atoms with E-state index in [4.69, 9.17) is 37.9 Å². The number of carbonyl (C=O) groups excluding carboxylic acids is 8. The molecule has 19 nitrogen and oxygen atoms in total. The number of hydrogen-bond donors (Lipinski definition) is 0. The third-order valence-corrected chi connectivity index (χ3v) is 19.3. The van der Waals surface area contributed by atoms with E-state index >= 15 is 0 Å². The van der Waals surface area contributed by atoms with Gasteiger partial charge in [-0.05, 0) is 229 Å². The molecule has 0 aromatic carbocycles. The Morgan fingerprint density at radius 3 is 0.840 bits per heavy atom. The van der Waals surface area contributed by atoms with Crippen LogP contribution < -0.4 is 0 Å². The summed E-state index contributed by atoms with van der Waals surface area (Å²) in [7, 11) is 2.01. The fourth-order valence-corrected chi connectivity index (χ4v) is 12.6. The number of hydrogen-bond acceptors (Lipinski definition) is 19. The molecule has 4 atom stereocenters. The second-order valence-corrected chi connectivity index (χ2v) is 28.1. The molecular formula is C81H127N3O16. The first kappa shape index (κ1) is 86.0. The van der Waals surface area contributed by atoms with E-state index in [9.17, 15) is 38.4 Å². The van der Waals surface area contributed by atoms with Crippen LogP contribution >= 0.6 is 0 Å². The van der Waals surface area contributed by atoms with Crippen LogP contribution in [0.5, 0.6) is 0 Å². The highest BCUT2D eigenvalue weighted by Crippen LogP contribution is 2.31. The molecular weight excluding hydrogens is 1270 g/mol. The van der Waals surface area contributed by atoms with Crippen LogP contribution in [0, 0.1) is 23.7 Å². The highest BCUT2D eigenvalue weighted by molar-refractivity contribution is 5.75. The fourth-order valence-electron chi connectivity index (χ4n) is 12.6. The maximum Gasteiger partial charge on any atom is 0.309 e. The summed E-state index contributed by atoms with van der Waals surface area (Å²) < 4.78 is 44.1. The van der Waals surface area contributed by atoms with Gasteiger partial charge in [0.25, 0.3) is 0 Å².